The summed E-state index contributed by atoms with van der Waals surface area (Å²) in [5.74, 6) is -1.11. The van der Waals surface area contributed by atoms with Crippen molar-refractivity contribution in [1.29, 1.82) is 0 Å². The topological polar surface area (TPSA) is 98.6 Å². The van der Waals surface area contributed by atoms with Gasteiger partial charge >= 0.3 is 12.6 Å². The van der Waals surface area contributed by atoms with Crippen molar-refractivity contribution < 1.29 is 32.6 Å². The van der Waals surface area contributed by atoms with Gasteiger partial charge in [-0.15, -0.1) is 5.10 Å². The maximum absolute atomic E-state index is 12.4. The molecule has 1 aliphatic rings. The first kappa shape index (κ1) is 20.4. The molecule has 1 amide bonds. The minimum Gasteiger partial charge on any atom is -0.490 e. The van der Waals surface area contributed by atoms with E-state index >= 15 is 0 Å². The Morgan fingerprint density at radius 1 is 1.37 bits per heavy atom. The number of halogens is 2. The van der Waals surface area contributed by atoms with Crippen LogP contribution in [0, 0.1) is 0 Å². The molecule has 1 aromatic rings. The van der Waals surface area contributed by atoms with Gasteiger partial charge in [-0.1, -0.05) is 0 Å². The zero-order chi connectivity index (χ0) is 19.8. The van der Waals surface area contributed by atoms with Crippen molar-refractivity contribution in [2.24, 2.45) is 10.2 Å². The Hall–Kier alpha value is -2.95. The number of thioether (sulfide) groups is 1. The van der Waals surface area contributed by atoms with Crippen LogP contribution in [0.25, 0.3) is 0 Å². The van der Waals surface area contributed by atoms with Crippen molar-refractivity contribution in [3.8, 4) is 11.5 Å². The van der Waals surface area contributed by atoms with Crippen LogP contribution in [0.15, 0.2) is 39.4 Å². The number of benzene rings is 1. The van der Waals surface area contributed by atoms with Crippen LogP contribution in [0.5, 0.6) is 11.5 Å². The number of alkyl halides is 2. The summed E-state index contributed by atoms with van der Waals surface area (Å²) in [4.78, 5) is 23.0. The summed E-state index contributed by atoms with van der Waals surface area (Å²) in [6.45, 7) is -0.996. The first-order chi connectivity index (χ1) is 12.9. The Morgan fingerprint density at radius 3 is 2.81 bits per heavy atom. The average molecular weight is 399 g/mol. The summed E-state index contributed by atoms with van der Waals surface area (Å²) in [6.07, 6.45) is 2.39. The second-order valence-electron chi connectivity index (χ2n) is 4.76. The molecule has 0 spiro atoms. The van der Waals surface area contributed by atoms with E-state index in [1.807, 2.05) is 0 Å². The molecular formula is C16H15F2N3O5S. The first-order valence-electron chi connectivity index (χ1n) is 7.54. The molecule has 27 heavy (non-hydrogen) atoms. The number of esters is 1. The van der Waals surface area contributed by atoms with Gasteiger partial charge < -0.3 is 14.2 Å². The third-order valence-corrected chi connectivity index (χ3v) is 3.84. The van der Waals surface area contributed by atoms with Crippen molar-refractivity contribution in [2.45, 2.75) is 13.5 Å². The van der Waals surface area contributed by atoms with Crippen molar-refractivity contribution in [3.05, 3.63) is 34.7 Å². The van der Waals surface area contributed by atoms with E-state index in [1.165, 1.54) is 31.5 Å². The molecule has 0 radical (unpaired) electrons. The van der Waals surface area contributed by atoms with E-state index in [0.717, 1.165) is 17.8 Å². The molecule has 0 unspecified atom stereocenters. The van der Waals surface area contributed by atoms with Gasteiger partial charge in [0.25, 0.3) is 5.91 Å². The largest absolute Gasteiger partial charge is 0.490 e. The molecular weight excluding hydrogens is 384 g/mol. The van der Waals surface area contributed by atoms with E-state index < -0.39 is 18.5 Å². The molecule has 0 aliphatic carbocycles. The van der Waals surface area contributed by atoms with Crippen LogP contribution in [-0.2, 0) is 14.3 Å². The SMILES string of the molecule is CCOc1cc(C=N/N=C2/NC(=O)/C(=C\C(=O)OC)S2)ccc1OC(F)F. The van der Waals surface area contributed by atoms with Gasteiger partial charge in [0.05, 0.1) is 24.8 Å². The predicted octanol–water partition coefficient (Wildman–Crippen LogP) is 2.30. The van der Waals surface area contributed by atoms with E-state index in [9.17, 15) is 18.4 Å². The third kappa shape index (κ3) is 6.06. The van der Waals surface area contributed by atoms with Gasteiger partial charge in [0.15, 0.2) is 16.7 Å². The highest BCUT2D eigenvalue weighted by molar-refractivity contribution is 8.18. The summed E-state index contributed by atoms with van der Waals surface area (Å²) in [6, 6.07) is 4.29. The number of ether oxygens (including phenoxy) is 3. The highest BCUT2D eigenvalue weighted by atomic mass is 32.2. The summed E-state index contributed by atoms with van der Waals surface area (Å²) in [5, 5.41) is 10.3. The van der Waals surface area contributed by atoms with E-state index in [-0.39, 0.29) is 28.2 Å². The van der Waals surface area contributed by atoms with Crippen molar-refractivity contribution >= 4 is 35.0 Å². The molecule has 2 rings (SSSR count). The molecule has 1 fully saturated rings. The van der Waals surface area contributed by atoms with Crippen LogP contribution in [0.4, 0.5) is 8.78 Å². The fourth-order valence-corrected chi connectivity index (χ4v) is 2.59. The van der Waals surface area contributed by atoms with Crippen LogP contribution in [-0.4, -0.2) is 43.6 Å². The standard InChI is InChI=1S/C16H15F2N3O5S/c1-3-25-11-6-9(4-5-10(11)26-15(17)18)8-19-21-16-20-14(23)12(27-16)7-13(22)24-2/h4-8,15H,3H2,1-2H3,(H,20,21,23)/b12-7+,19-8?. The second kappa shape index (κ2) is 9.67. The Balaban J connectivity index is 2.10. The second-order valence-corrected chi connectivity index (χ2v) is 5.79. The lowest BCUT2D eigenvalue weighted by Gasteiger charge is -2.11. The van der Waals surface area contributed by atoms with E-state index in [1.54, 1.807) is 6.92 Å². The molecule has 1 heterocycles. The van der Waals surface area contributed by atoms with Gasteiger partial charge in [0.1, 0.15) is 0 Å². The highest BCUT2D eigenvalue weighted by Gasteiger charge is 2.25. The molecule has 0 aromatic heterocycles. The van der Waals surface area contributed by atoms with Crippen LogP contribution >= 0.6 is 11.8 Å². The van der Waals surface area contributed by atoms with Gasteiger partial charge in [0, 0.05) is 6.08 Å². The lowest BCUT2D eigenvalue weighted by Crippen LogP contribution is -2.19. The number of carbonyl (C=O) groups excluding carboxylic acids is 2. The monoisotopic (exact) mass is 399 g/mol. The van der Waals surface area contributed by atoms with Crippen molar-refractivity contribution in [1.82, 2.24) is 5.32 Å². The summed E-state index contributed by atoms with van der Waals surface area (Å²) in [7, 11) is 1.20. The fourth-order valence-electron chi connectivity index (χ4n) is 1.86. The normalized spacial score (nSPS) is 17.0. The molecule has 0 atom stereocenters. The zero-order valence-electron chi connectivity index (χ0n) is 14.3. The number of hydrogen-bond acceptors (Lipinski definition) is 8. The summed E-state index contributed by atoms with van der Waals surface area (Å²) < 4.78 is 38.9. The molecule has 8 nitrogen and oxygen atoms in total. The molecule has 1 saturated heterocycles. The minimum atomic E-state index is -2.97. The Labute approximate surface area is 157 Å². The number of nitrogens with zero attached hydrogens (tertiary/aromatic N) is 2. The summed E-state index contributed by atoms with van der Waals surface area (Å²) >= 11 is 0.926. The van der Waals surface area contributed by atoms with Crippen LogP contribution in [0.3, 0.4) is 0 Å². The molecule has 144 valence electrons. The van der Waals surface area contributed by atoms with E-state index in [0.29, 0.717) is 5.56 Å². The van der Waals surface area contributed by atoms with Gasteiger partial charge in [-0.05, 0) is 42.4 Å². The van der Waals surface area contributed by atoms with Crippen LogP contribution in [0.1, 0.15) is 12.5 Å². The Bertz CT molecular complexity index is 811. The molecule has 1 aromatic carbocycles. The predicted molar refractivity (Wildman–Crippen MR) is 95.1 cm³/mol. The van der Waals surface area contributed by atoms with E-state index in [4.69, 9.17) is 4.74 Å². The van der Waals surface area contributed by atoms with Gasteiger partial charge in [-0.2, -0.15) is 13.9 Å². The fraction of sp³-hybridized carbons (Fsp3) is 0.250. The Morgan fingerprint density at radius 2 is 2.15 bits per heavy atom. The number of hydrogen-bond donors (Lipinski definition) is 1. The van der Waals surface area contributed by atoms with Crippen molar-refractivity contribution in [3.63, 3.8) is 0 Å². The van der Waals surface area contributed by atoms with E-state index in [2.05, 4.69) is 25.0 Å². The maximum atomic E-state index is 12.4. The molecule has 0 saturated carbocycles. The molecule has 11 heteroatoms. The van der Waals surface area contributed by atoms with Crippen LogP contribution < -0.4 is 14.8 Å². The number of carbonyl (C=O) groups is 2. The average Bonchev–Trinajstić information content (AvgIpc) is 2.96. The molecule has 0 bridgehead atoms. The Kier molecular flexibility index (Phi) is 7.29. The van der Waals surface area contributed by atoms with Gasteiger partial charge in [0.2, 0.25) is 0 Å². The van der Waals surface area contributed by atoms with Gasteiger partial charge in [-0.3, -0.25) is 10.1 Å². The van der Waals surface area contributed by atoms with Gasteiger partial charge in [-0.25, -0.2) is 4.79 Å². The molecule has 1 aliphatic heterocycles. The number of nitrogens with one attached hydrogen (secondary N) is 1. The maximum Gasteiger partial charge on any atom is 0.387 e. The molecule has 1 N–H and O–H groups in total. The minimum absolute atomic E-state index is 0.0912. The highest BCUT2D eigenvalue weighted by Crippen LogP contribution is 2.29. The lowest BCUT2D eigenvalue weighted by molar-refractivity contribution is -0.135. The number of amidine groups is 1. The number of amides is 1. The third-order valence-electron chi connectivity index (χ3n) is 2.94. The quantitative estimate of drug-likeness (QED) is 0.327. The zero-order valence-corrected chi connectivity index (χ0v) is 15.1. The lowest BCUT2D eigenvalue weighted by atomic mass is 10.2. The first-order valence-corrected chi connectivity index (χ1v) is 8.36. The summed E-state index contributed by atoms with van der Waals surface area (Å²) in [5.41, 5.74) is 0.518. The smallest absolute Gasteiger partial charge is 0.387 e. The van der Waals surface area contributed by atoms with Crippen molar-refractivity contribution in [2.75, 3.05) is 13.7 Å². The number of rotatable bonds is 7. The van der Waals surface area contributed by atoms with Crippen LogP contribution in [0.2, 0.25) is 0 Å². The number of methoxy groups -OCH3 is 1.